The first-order valence-electron chi connectivity index (χ1n) is 28.6. The number of hydrogen-bond donors (Lipinski definition) is 11. The van der Waals surface area contributed by atoms with Gasteiger partial charge in [0.15, 0.2) is 18.9 Å². The molecule has 3 heterocycles. The van der Waals surface area contributed by atoms with Gasteiger partial charge in [0.05, 0.1) is 25.4 Å². The maximum atomic E-state index is 12.7. The average Bonchev–Trinajstić information content (AvgIpc) is 3.40. The number of carbonyl (C=O) groups is 3. The van der Waals surface area contributed by atoms with Gasteiger partial charge in [0.25, 0.3) is 0 Å². The molecule has 0 aromatic carbocycles. The number of Topliss-reactive ketones (excluding diaryl/α,β-unsaturated/α-hetero) is 1. The molecule has 17 unspecified atom stereocenters. The third kappa shape index (κ3) is 24.7. The number of nitrogens with zero attached hydrogens (tertiary/aromatic N) is 1. The molecule has 0 aromatic heterocycles. The predicted molar refractivity (Wildman–Crippen MR) is 277 cm³/mol. The monoisotopic (exact) mass is 1100 g/mol. The van der Waals surface area contributed by atoms with Gasteiger partial charge in [-0.3, -0.25) is 14.4 Å². The van der Waals surface area contributed by atoms with E-state index in [1.165, 1.54) is 19.3 Å². The molecule has 0 bridgehead atoms. The summed E-state index contributed by atoms with van der Waals surface area (Å²) < 4.78 is 41.4. The van der Waals surface area contributed by atoms with Crippen LogP contribution in [0.5, 0.6) is 0 Å². The second-order valence-corrected chi connectivity index (χ2v) is 21.4. The number of carbonyl (C=O) groups excluding carboxylic acids is 3. The predicted octanol–water partition coefficient (Wildman–Crippen LogP) is 1.77. The van der Waals surface area contributed by atoms with Crippen LogP contribution in [-0.2, 0) is 47.5 Å². The molecule has 17 atom stereocenters. The lowest BCUT2D eigenvalue weighted by Crippen LogP contribution is -2.67. The lowest BCUT2D eigenvalue weighted by atomic mass is 9.95. The molecule has 1 amide bonds. The number of unbranched alkanes of at least 4 members (excludes halogenated alkanes) is 16. The summed E-state index contributed by atoms with van der Waals surface area (Å²) in [4.78, 5) is 38.9. The van der Waals surface area contributed by atoms with Crippen LogP contribution in [0.4, 0.5) is 0 Å². The Bertz CT molecular complexity index is 1550. The van der Waals surface area contributed by atoms with Crippen molar-refractivity contribution in [3.05, 3.63) is 0 Å². The number of aliphatic hydroxyl groups is 10. The zero-order valence-corrected chi connectivity index (χ0v) is 46.0. The van der Waals surface area contributed by atoms with Crippen molar-refractivity contribution in [1.29, 1.82) is 0 Å². The Hall–Kier alpha value is -2.07. The van der Waals surface area contributed by atoms with Crippen molar-refractivity contribution in [3.8, 4) is 0 Å². The summed E-state index contributed by atoms with van der Waals surface area (Å²) in [6, 6.07) is 0. The van der Waals surface area contributed by atoms with Crippen LogP contribution >= 0.6 is 0 Å². The van der Waals surface area contributed by atoms with E-state index in [2.05, 4.69) is 24.3 Å². The van der Waals surface area contributed by atoms with E-state index in [9.17, 15) is 65.4 Å². The van der Waals surface area contributed by atoms with Gasteiger partial charge >= 0.3 is 5.97 Å². The number of esters is 1. The Kier molecular flexibility index (Phi) is 34.6. The minimum atomic E-state index is -1.96. The van der Waals surface area contributed by atoms with Crippen molar-refractivity contribution >= 4 is 17.7 Å². The van der Waals surface area contributed by atoms with E-state index in [1.807, 2.05) is 6.92 Å². The van der Waals surface area contributed by atoms with Crippen LogP contribution in [0.15, 0.2) is 0 Å². The van der Waals surface area contributed by atoms with Gasteiger partial charge in [-0.25, -0.2) is 0 Å². The molecule has 0 saturated carbocycles. The maximum Gasteiger partial charge on any atom is 0.302 e. The van der Waals surface area contributed by atoms with E-state index >= 15 is 0 Å². The van der Waals surface area contributed by atoms with Gasteiger partial charge in [-0.2, -0.15) is 0 Å². The minimum absolute atomic E-state index is 0.163. The SMILES string of the molecule is CCCCCC(OC1OC(COC(C)=O)C(O)C(OC2OC(CO)C(O)C(O)C2O)C1OC1OC(CO)C(O)C(O)C1O)C(O)CCCCCCC(=O)CCCCCCCCCCCCC(=O)NCCCCCN(C)C. The standard InChI is InChI=1S/C54H100N2O20/c1-5-6-18-28-38(37(61)27-21-16-15-20-26-36(60)25-19-13-11-9-7-8-10-12-14-22-29-42(62)55-30-23-17-24-31-56(3)4)71-54-51(76-53-49(69)47(67)44(64)40(33-58)73-53)50(45(65)41(74-54)34-70-35(2)59)75-52-48(68)46(66)43(63)39(32-57)72-52/h37-41,43-54,57-58,61,63-69H,5-34H2,1-4H3,(H,55,62). The van der Waals surface area contributed by atoms with Gasteiger partial charge in [0.2, 0.25) is 5.91 Å². The van der Waals surface area contributed by atoms with Gasteiger partial charge in [-0.1, -0.05) is 103 Å². The van der Waals surface area contributed by atoms with Gasteiger partial charge < -0.3 is 94.4 Å². The molecule has 0 aromatic rings. The van der Waals surface area contributed by atoms with Crippen LogP contribution in [0.1, 0.15) is 174 Å². The van der Waals surface area contributed by atoms with E-state index in [0.717, 1.165) is 116 Å². The van der Waals surface area contributed by atoms with Gasteiger partial charge in [-0.05, 0) is 65.6 Å². The molecule has 3 fully saturated rings. The molecular formula is C54H100N2O20. The molecule has 0 radical (unpaired) electrons. The first-order valence-corrected chi connectivity index (χ1v) is 28.6. The summed E-state index contributed by atoms with van der Waals surface area (Å²) in [6.07, 6.45) is -6.71. The second kappa shape index (κ2) is 38.6. The quantitative estimate of drug-likeness (QED) is 0.0307. The van der Waals surface area contributed by atoms with Crippen LogP contribution in [0.25, 0.3) is 0 Å². The molecular weight excluding hydrogens is 997 g/mol. The van der Waals surface area contributed by atoms with Crippen LogP contribution in [0, 0.1) is 0 Å². The number of nitrogens with one attached hydrogen (secondary N) is 1. The number of rotatable bonds is 41. The number of aliphatic hydroxyl groups excluding tert-OH is 10. The molecule has 3 rings (SSSR count). The van der Waals surface area contributed by atoms with E-state index in [4.69, 9.17) is 33.2 Å². The van der Waals surface area contributed by atoms with Gasteiger partial charge in [0, 0.05) is 32.7 Å². The number of ether oxygens (including phenoxy) is 7. The Balaban J connectivity index is 1.51. The molecule has 22 nitrogen and oxygen atoms in total. The van der Waals surface area contributed by atoms with Crippen LogP contribution in [-0.4, -0.2) is 225 Å². The molecule has 76 heavy (non-hydrogen) atoms. The summed E-state index contributed by atoms with van der Waals surface area (Å²) in [7, 11) is 4.15. The Morgan fingerprint density at radius 1 is 0.539 bits per heavy atom. The Morgan fingerprint density at radius 3 is 1.53 bits per heavy atom. The molecule has 0 spiro atoms. The average molecular weight is 1100 g/mol. The normalized spacial score (nSPS) is 30.8. The highest BCUT2D eigenvalue weighted by Gasteiger charge is 2.55. The van der Waals surface area contributed by atoms with E-state index in [1.54, 1.807) is 0 Å². The summed E-state index contributed by atoms with van der Waals surface area (Å²) in [5.74, 6) is -0.322. The van der Waals surface area contributed by atoms with Crippen molar-refractivity contribution in [2.45, 2.75) is 279 Å². The van der Waals surface area contributed by atoms with Crippen molar-refractivity contribution in [2.75, 3.05) is 47.0 Å². The maximum absolute atomic E-state index is 12.7. The molecule has 3 aliphatic rings. The fourth-order valence-corrected chi connectivity index (χ4v) is 9.83. The Morgan fingerprint density at radius 2 is 1.01 bits per heavy atom. The third-order valence-electron chi connectivity index (χ3n) is 14.6. The van der Waals surface area contributed by atoms with E-state index in [0.29, 0.717) is 38.5 Å². The molecule has 22 heteroatoms. The highest BCUT2D eigenvalue weighted by molar-refractivity contribution is 5.78. The number of hydrogen-bond acceptors (Lipinski definition) is 21. The van der Waals surface area contributed by atoms with Gasteiger partial charge in [0.1, 0.15) is 85.6 Å². The Labute approximate surface area is 451 Å². The second-order valence-electron chi connectivity index (χ2n) is 21.4. The smallest absolute Gasteiger partial charge is 0.302 e. The summed E-state index contributed by atoms with van der Waals surface area (Å²) in [6.45, 7) is 2.80. The van der Waals surface area contributed by atoms with Gasteiger partial charge in [-0.15, -0.1) is 0 Å². The lowest BCUT2D eigenvalue weighted by molar-refractivity contribution is -0.396. The fourth-order valence-electron chi connectivity index (χ4n) is 9.83. The van der Waals surface area contributed by atoms with E-state index in [-0.39, 0.29) is 18.1 Å². The minimum Gasteiger partial charge on any atom is -0.463 e. The number of ketones is 1. The molecule has 3 saturated heterocycles. The van der Waals surface area contributed by atoms with Crippen molar-refractivity contribution in [3.63, 3.8) is 0 Å². The zero-order chi connectivity index (χ0) is 56.0. The van der Waals surface area contributed by atoms with Crippen molar-refractivity contribution in [1.82, 2.24) is 10.2 Å². The summed E-state index contributed by atoms with van der Waals surface area (Å²) in [5.41, 5.74) is 0. The largest absolute Gasteiger partial charge is 0.463 e. The number of amides is 1. The molecule has 446 valence electrons. The van der Waals surface area contributed by atoms with Crippen LogP contribution < -0.4 is 5.32 Å². The summed E-state index contributed by atoms with van der Waals surface area (Å²) in [5, 5.41) is 110. The van der Waals surface area contributed by atoms with E-state index < -0.39 is 130 Å². The zero-order valence-electron chi connectivity index (χ0n) is 46.0. The van der Waals surface area contributed by atoms with Crippen LogP contribution in [0.2, 0.25) is 0 Å². The highest BCUT2D eigenvalue weighted by Crippen LogP contribution is 2.35. The molecule has 0 aliphatic carbocycles. The topological polar surface area (TPSA) is 333 Å². The van der Waals surface area contributed by atoms with Crippen molar-refractivity contribution in [2.24, 2.45) is 0 Å². The fraction of sp³-hybridized carbons (Fsp3) is 0.944. The first-order chi connectivity index (χ1) is 36.4. The third-order valence-corrected chi connectivity index (χ3v) is 14.6. The first kappa shape index (κ1) is 68.2. The highest BCUT2D eigenvalue weighted by atomic mass is 16.8. The summed E-state index contributed by atoms with van der Waals surface area (Å²) >= 11 is 0. The molecule has 11 N–H and O–H groups in total. The molecule has 3 aliphatic heterocycles. The van der Waals surface area contributed by atoms with Crippen molar-refractivity contribution < 1.29 is 98.6 Å². The van der Waals surface area contributed by atoms with Crippen LogP contribution in [0.3, 0.4) is 0 Å². The lowest BCUT2D eigenvalue weighted by Gasteiger charge is -2.49.